The largest absolute Gasteiger partial charge is 0.389 e. The van der Waals surface area contributed by atoms with Gasteiger partial charge in [-0.1, -0.05) is 11.6 Å². The fraction of sp³-hybridized carbons (Fsp3) is 0.300. The lowest BCUT2D eigenvalue weighted by Gasteiger charge is -2.07. The summed E-state index contributed by atoms with van der Waals surface area (Å²) in [6, 6.07) is 4.58. The molecule has 0 N–H and O–H groups in total. The monoisotopic (exact) mass is 362 g/mol. The second-order valence-corrected chi connectivity index (χ2v) is 4.76. The van der Waals surface area contributed by atoms with Crippen LogP contribution in [-0.2, 0) is 0 Å². The van der Waals surface area contributed by atoms with E-state index in [1.165, 1.54) is 6.07 Å². The summed E-state index contributed by atoms with van der Waals surface area (Å²) in [7, 11) is 0. The third kappa shape index (κ3) is 4.29. The quantitative estimate of drug-likeness (QED) is 0.573. The summed E-state index contributed by atoms with van der Waals surface area (Å²) in [5.41, 5.74) is 0.248. The predicted molar refractivity (Wildman–Crippen MR) is 63.8 cm³/mol. The Labute approximate surface area is 109 Å². The molecule has 1 aromatic carbocycles. The van der Waals surface area contributed by atoms with Crippen molar-refractivity contribution < 1.29 is 18.0 Å². The number of benzene rings is 1. The molecule has 0 aliphatic carbocycles. The van der Waals surface area contributed by atoms with Crippen LogP contribution in [0, 0.1) is 3.57 Å². The third-order valence-corrected chi connectivity index (χ3v) is 3.04. The SMILES string of the molecule is O=C(CCC(F)(F)F)c1cc(Cl)ccc1I. The van der Waals surface area contributed by atoms with E-state index >= 15 is 0 Å². The first-order valence-corrected chi connectivity index (χ1v) is 5.80. The normalized spacial score (nSPS) is 11.6. The molecule has 6 heteroatoms. The zero-order chi connectivity index (χ0) is 12.3. The molecule has 0 aliphatic heterocycles. The summed E-state index contributed by atoms with van der Waals surface area (Å²) in [4.78, 5) is 11.5. The molecule has 0 bridgehead atoms. The summed E-state index contributed by atoms with van der Waals surface area (Å²) >= 11 is 7.57. The minimum Gasteiger partial charge on any atom is -0.294 e. The highest BCUT2D eigenvalue weighted by molar-refractivity contribution is 14.1. The second kappa shape index (κ2) is 5.35. The van der Waals surface area contributed by atoms with E-state index in [9.17, 15) is 18.0 Å². The molecule has 0 spiro atoms. The van der Waals surface area contributed by atoms with Crippen molar-refractivity contribution >= 4 is 40.0 Å². The molecule has 0 radical (unpaired) electrons. The minimum atomic E-state index is -4.31. The van der Waals surface area contributed by atoms with Crippen molar-refractivity contribution in [2.45, 2.75) is 19.0 Å². The van der Waals surface area contributed by atoms with Gasteiger partial charge in [0.25, 0.3) is 0 Å². The molecule has 1 aromatic rings. The van der Waals surface area contributed by atoms with Gasteiger partial charge in [-0.05, 0) is 40.8 Å². The molecule has 0 saturated heterocycles. The zero-order valence-corrected chi connectivity index (χ0v) is 10.9. The Morgan fingerprint density at radius 2 is 2.00 bits per heavy atom. The van der Waals surface area contributed by atoms with E-state index in [1.54, 1.807) is 12.1 Å². The van der Waals surface area contributed by atoms with Crippen molar-refractivity contribution in [1.29, 1.82) is 0 Å². The highest BCUT2D eigenvalue weighted by Crippen LogP contribution is 2.25. The van der Waals surface area contributed by atoms with Crippen LogP contribution in [0.1, 0.15) is 23.2 Å². The minimum absolute atomic E-state index is 0.248. The summed E-state index contributed by atoms with van der Waals surface area (Å²) < 4.78 is 36.4. The zero-order valence-electron chi connectivity index (χ0n) is 7.94. The number of alkyl halides is 3. The molecule has 0 fully saturated rings. The Bertz CT molecular complexity index is 404. The summed E-state index contributed by atoms with van der Waals surface area (Å²) in [5.74, 6) is -0.538. The van der Waals surface area contributed by atoms with Gasteiger partial charge in [-0.15, -0.1) is 0 Å². The smallest absolute Gasteiger partial charge is 0.294 e. The lowest BCUT2D eigenvalue weighted by molar-refractivity contribution is -0.133. The molecular weight excluding hydrogens is 355 g/mol. The van der Waals surface area contributed by atoms with Crippen LogP contribution < -0.4 is 0 Å². The molecule has 0 amide bonds. The molecule has 16 heavy (non-hydrogen) atoms. The van der Waals surface area contributed by atoms with E-state index in [4.69, 9.17) is 11.6 Å². The van der Waals surface area contributed by atoms with Crippen molar-refractivity contribution in [2.75, 3.05) is 0 Å². The number of hydrogen-bond acceptors (Lipinski definition) is 1. The van der Waals surface area contributed by atoms with E-state index in [0.717, 1.165) is 0 Å². The molecule has 0 aromatic heterocycles. The molecule has 0 atom stereocenters. The lowest BCUT2D eigenvalue weighted by atomic mass is 10.1. The Balaban J connectivity index is 2.77. The van der Waals surface area contributed by atoms with Crippen LogP contribution in [-0.4, -0.2) is 12.0 Å². The summed E-state index contributed by atoms with van der Waals surface area (Å²) in [6.45, 7) is 0. The van der Waals surface area contributed by atoms with Crippen LogP contribution in [0.2, 0.25) is 5.02 Å². The fourth-order valence-electron chi connectivity index (χ4n) is 1.10. The van der Waals surface area contributed by atoms with Gasteiger partial charge < -0.3 is 0 Å². The van der Waals surface area contributed by atoms with Crippen LogP contribution in [0.3, 0.4) is 0 Å². The van der Waals surface area contributed by atoms with Gasteiger partial charge in [0.2, 0.25) is 0 Å². The highest BCUT2D eigenvalue weighted by atomic mass is 127. The average molecular weight is 363 g/mol. The van der Waals surface area contributed by atoms with Crippen molar-refractivity contribution in [2.24, 2.45) is 0 Å². The van der Waals surface area contributed by atoms with Crippen molar-refractivity contribution in [3.63, 3.8) is 0 Å². The Morgan fingerprint density at radius 3 is 2.56 bits per heavy atom. The third-order valence-electron chi connectivity index (χ3n) is 1.86. The van der Waals surface area contributed by atoms with E-state index in [-0.39, 0.29) is 5.56 Å². The Kier molecular flexibility index (Phi) is 4.61. The van der Waals surface area contributed by atoms with Crippen molar-refractivity contribution in [1.82, 2.24) is 0 Å². The first kappa shape index (κ1) is 13.8. The number of rotatable bonds is 3. The van der Waals surface area contributed by atoms with Gasteiger partial charge in [-0.3, -0.25) is 4.79 Å². The molecule has 88 valence electrons. The fourth-order valence-corrected chi connectivity index (χ4v) is 1.91. The second-order valence-electron chi connectivity index (χ2n) is 3.16. The average Bonchev–Trinajstić information content (AvgIpc) is 2.17. The summed E-state index contributed by atoms with van der Waals surface area (Å²) in [6.07, 6.45) is -5.95. The van der Waals surface area contributed by atoms with Gasteiger partial charge in [-0.25, -0.2) is 0 Å². The van der Waals surface area contributed by atoms with Crippen molar-refractivity contribution in [3.05, 3.63) is 32.4 Å². The first-order valence-electron chi connectivity index (χ1n) is 4.34. The predicted octanol–water partition coefficient (Wildman–Crippen LogP) is 4.47. The molecule has 0 unspecified atom stereocenters. The molecule has 0 saturated carbocycles. The molecular formula is C10H7ClF3IO. The van der Waals surface area contributed by atoms with Gasteiger partial charge in [-0.2, -0.15) is 13.2 Å². The van der Waals surface area contributed by atoms with Crippen LogP contribution in [0.5, 0.6) is 0 Å². The van der Waals surface area contributed by atoms with Crippen LogP contribution >= 0.6 is 34.2 Å². The van der Waals surface area contributed by atoms with Crippen molar-refractivity contribution in [3.8, 4) is 0 Å². The van der Waals surface area contributed by atoms with Gasteiger partial charge in [0.1, 0.15) is 0 Å². The standard InChI is InChI=1S/C10H7ClF3IO/c11-6-1-2-8(15)7(5-6)9(16)3-4-10(12,13)14/h1-2,5H,3-4H2. The van der Waals surface area contributed by atoms with Crippen LogP contribution in [0.25, 0.3) is 0 Å². The van der Waals surface area contributed by atoms with Gasteiger partial charge in [0.15, 0.2) is 5.78 Å². The van der Waals surface area contributed by atoms with E-state index in [2.05, 4.69) is 0 Å². The molecule has 0 heterocycles. The van der Waals surface area contributed by atoms with Crippen LogP contribution in [0.15, 0.2) is 18.2 Å². The van der Waals surface area contributed by atoms with Gasteiger partial charge >= 0.3 is 6.18 Å². The highest BCUT2D eigenvalue weighted by Gasteiger charge is 2.28. The van der Waals surface area contributed by atoms with E-state index < -0.39 is 24.8 Å². The molecule has 1 nitrogen and oxygen atoms in total. The number of halogens is 5. The van der Waals surface area contributed by atoms with E-state index in [1.807, 2.05) is 22.6 Å². The van der Waals surface area contributed by atoms with E-state index in [0.29, 0.717) is 8.59 Å². The maximum absolute atomic E-state index is 11.9. The topological polar surface area (TPSA) is 17.1 Å². The Hall–Kier alpha value is -0.300. The van der Waals surface area contributed by atoms with Gasteiger partial charge in [0, 0.05) is 20.6 Å². The number of carbonyl (C=O) groups is 1. The molecule has 1 rings (SSSR count). The molecule has 0 aliphatic rings. The van der Waals surface area contributed by atoms with Gasteiger partial charge in [0.05, 0.1) is 6.42 Å². The maximum atomic E-state index is 11.9. The Morgan fingerprint density at radius 1 is 1.38 bits per heavy atom. The number of ketones is 1. The number of hydrogen-bond donors (Lipinski definition) is 0. The maximum Gasteiger partial charge on any atom is 0.389 e. The summed E-state index contributed by atoms with van der Waals surface area (Å²) in [5, 5.41) is 0.343. The first-order chi connectivity index (χ1) is 7.29. The number of carbonyl (C=O) groups excluding carboxylic acids is 1. The van der Waals surface area contributed by atoms with Crippen LogP contribution in [0.4, 0.5) is 13.2 Å². The lowest BCUT2D eigenvalue weighted by Crippen LogP contribution is -2.11. The number of Topliss-reactive ketones (excluding diaryl/α,β-unsaturated/α-hetero) is 1.